The number of aliphatic imine (C=N–C) groups is 6. The number of nitrogens with zero attached hydrogens (tertiary/aromatic N) is 6. The Kier molecular flexibility index (Phi) is 26.1. The van der Waals surface area contributed by atoms with Crippen molar-refractivity contribution in [3.63, 3.8) is 0 Å². The maximum Gasteiger partial charge on any atom is 0.335 e. The molecule has 43 heteroatoms. The van der Waals surface area contributed by atoms with Crippen LogP contribution in [0.15, 0.2) is 145 Å². The van der Waals surface area contributed by atoms with Gasteiger partial charge < -0.3 is 176 Å². The van der Waals surface area contributed by atoms with Crippen LogP contribution in [0, 0.1) is 6.92 Å². The van der Waals surface area contributed by atoms with E-state index in [4.69, 9.17) is 89.9 Å². The first-order valence-corrected chi connectivity index (χ1v) is 40.1. The summed E-state index contributed by atoms with van der Waals surface area (Å²) in [6.45, 7) is 2.17. The first-order valence-electron chi connectivity index (χ1n) is 39.7. The van der Waals surface area contributed by atoms with Gasteiger partial charge in [0.1, 0.15) is 126 Å². The Hall–Kier alpha value is -11.4. The molecule has 10 aliphatic heterocycles. The number of hydrogen-bond acceptors (Lipinski definition) is 36. The molecular weight excluding hydrogens is 1700 g/mol. The SMILES string of the molecule is COC(=O)C1N=C(O)C2N=C(O)C(N=C(O)C3N=C(O)C4N=C(O)C(Cc5ccc(cc5)Oc5cc3cc(c5OC3OC(CO)C(OC5OC(C)C(O)C(O)C5O)C(O)C3O)Oc3ccc(cc3Cl)C2OC2CC(N)C(O)C(C)O2)N=C(O)C(N)c2ccc(O)c(c2)Oc2cc4cc(O)c2C)c2ccc(O)c(c2)-c2c(OC3OC(CO)C(O)C(O)C3O)cc(O)cc21. The molecule has 127 heavy (non-hydrogen) atoms. The second-order valence-electron chi connectivity index (χ2n) is 31.4. The second kappa shape index (κ2) is 36.7. The van der Waals surface area contributed by atoms with E-state index in [1.165, 1.54) is 87.5 Å². The third-order valence-corrected chi connectivity index (χ3v) is 23.2. The van der Waals surface area contributed by atoms with Crippen molar-refractivity contribution in [1.29, 1.82) is 0 Å². The highest BCUT2D eigenvalue weighted by atomic mass is 35.5. The molecular formula is C84H91ClN8O34. The van der Waals surface area contributed by atoms with Crippen molar-refractivity contribution in [2.24, 2.45) is 41.4 Å². The Balaban J connectivity index is 1.02. The summed E-state index contributed by atoms with van der Waals surface area (Å²) in [6, 6.07) is 6.71. The summed E-state index contributed by atoms with van der Waals surface area (Å²) in [4.78, 5) is 42.4. The molecule has 7 aromatic carbocycles. The first kappa shape index (κ1) is 90.4. The molecule has 4 fully saturated rings. The zero-order valence-corrected chi connectivity index (χ0v) is 68.1. The van der Waals surface area contributed by atoms with Crippen LogP contribution in [0.1, 0.15) is 101 Å². The minimum absolute atomic E-state index is 0.00142. The maximum atomic E-state index is 14.8. The van der Waals surface area contributed by atoms with Crippen molar-refractivity contribution in [3.8, 4) is 80.1 Å². The van der Waals surface area contributed by atoms with Crippen LogP contribution < -0.4 is 35.2 Å². The van der Waals surface area contributed by atoms with Gasteiger partial charge in [-0.2, -0.15) is 0 Å². The first-order chi connectivity index (χ1) is 60.5. The van der Waals surface area contributed by atoms with E-state index < -0.39 is 304 Å². The van der Waals surface area contributed by atoms with Crippen LogP contribution in [-0.2, 0) is 44.4 Å². The molecule has 0 radical (unpaired) electrons. The van der Waals surface area contributed by atoms with Gasteiger partial charge in [-0.3, -0.25) is 0 Å². The molecule has 25 N–H and O–H groups in total. The van der Waals surface area contributed by atoms with Gasteiger partial charge in [0, 0.05) is 47.2 Å². The number of aromatic hydroxyl groups is 4. The molecule has 17 rings (SSSR count). The van der Waals surface area contributed by atoms with E-state index in [0.717, 1.165) is 55.6 Å². The van der Waals surface area contributed by atoms with E-state index >= 15 is 0 Å². The predicted octanol–water partition coefficient (Wildman–Crippen LogP) is 3.42. The van der Waals surface area contributed by atoms with Crippen LogP contribution in [-0.4, -0.2) is 298 Å². The number of carbonyl (C=O) groups excluding carboxylic acids is 1. The number of ether oxygens (including phenoxy) is 12. The lowest BCUT2D eigenvalue weighted by molar-refractivity contribution is -0.349. The van der Waals surface area contributed by atoms with Gasteiger partial charge in [0.25, 0.3) is 0 Å². The molecule has 0 spiro atoms. The summed E-state index contributed by atoms with van der Waals surface area (Å²) >= 11 is 7.45. The Bertz CT molecular complexity index is 5480. The number of carbonyl (C=O) groups is 1. The number of aliphatic hydroxyl groups is 17. The fraction of sp³-hybridized carbons (Fsp3) is 0.417. The molecule has 10 heterocycles. The minimum Gasteiger partial charge on any atom is -0.508 e. The Morgan fingerprint density at radius 3 is 1.76 bits per heavy atom. The molecule has 17 bridgehead atoms. The van der Waals surface area contributed by atoms with Crippen LogP contribution in [0.25, 0.3) is 11.1 Å². The third-order valence-electron chi connectivity index (χ3n) is 22.9. The number of benzene rings is 7. The third kappa shape index (κ3) is 18.1. The number of rotatable bonds is 11. The quantitative estimate of drug-likeness (QED) is 0.0825. The lowest BCUT2D eigenvalue weighted by atomic mass is 9.90. The number of nitrogens with two attached hydrogens (primary N) is 2. The number of fused-ring (bicyclic) bond motifs is 12. The average molecular weight is 1790 g/mol. The number of aliphatic hydroxyl groups excluding tert-OH is 17. The van der Waals surface area contributed by atoms with Gasteiger partial charge in [-0.05, 0) is 133 Å². The normalized spacial score (nSPS) is 32.7. The number of methoxy groups -OCH3 is 1. The van der Waals surface area contributed by atoms with Crippen molar-refractivity contribution in [3.05, 3.63) is 165 Å². The molecule has 0 saturated carbocycles. The fourth-order valence-electron chi connectivity index (χ4n) is 15.8. The highest BCUT2D eigenvalue weighted by molar-refractivity contribution is 6.32. The largest absolute Gasteiger partial charge is 0.508 e. The van der Waals surface area contributed by atoms with Crippen LogP contribution in [0.4, 0.5) is 0 Å². The monoisotopic (exact) mass is 1790 g/mol. The number of hydrogen-bond donors (Lipinski definition) is 23. The van der Waals surface area contributed by atoms with Crippen molar-refractivity contribution in [1.82, 2.24) is 0 Å². The second-order valence-corrected chi connectivity index (χ2v) is 31.8. The van der Waals surface area contributed by atoms with Crippen molar-refractivity contribution in [2.75, 3.05) is 20.3 Å². The lowest BCUT2D eigenvalue weighted by Crippen LogP contribution is -2.64. The Labute approximate surface area is 724 Å². The zero-order chi connectivity index (χ0) is 90.9. The number of phenolic OH excluding ortho intramolecular Hbond substituents is 4. The van der Waals surface area contributed by atoms with Crippen LogP contribution >= 0.6 is 11.6 Å². The van der Waals surface area contributed by atoms with E-state index in [1.807, 2.05) is 0 Å². The van der Waals surface area contributed by atoms with E-state index in [0.29, 0.717) is 5.56 Å². The van der Waals surface area contributed by atoms with Crippen LogP contribution in [0.2, 0.25) is 5.02 Å². The van der Waals surface area contributed by atoms with Gasteiger partial charge in [-0.25, -0.2) is 34.7 Å². The molecule has 0 aromatic heterocycles. The minimum atomic E-state index is -2.43. The van der Waals surface area contributed by atoms with Crippen molar-refractivity contribution >= 4 is 53.0 Å². The highest BCUT2D eigenvalue weighted by Crippen LogP contribution is 2.52. The smallest absolute Gasteiger partial charge is 0.335 e. The Morgan fingerprint density at radius 1 is 0.488 bits per heavy atom. The van der Waals surface area contributed by atoms with Crippen LogP contribution in [0.5, 0.6) is 69.0 Å². The summed E-state index contributed by atoms with van der Waals surface area (Å²) in [5.74, 6) is -14.6. The summed E-state index contributed by atoms with van der Waals surface area (Å²) in [5, 5.41) is 248. The van der Waals surface area contributed by atoms with E-state index in [9.17, 15) is 112 Å². The molecule has 10 aliphatic rings. The molecule has 7 aromatic rings. The topological polar surface area (TPSA) is 679 Å². The molecule has 678 valence electrons. The van der Waals surface area contributed by atoms with Crippen molar-refractivity contribution < 1.29 is 169 Å². The van der Waals surface area contributed by atoms with Crippen molar-refractivity contribution in [2.45, 2.75) is 199 Å². The standard InChI is InChI=1S/C84H91ClN8O34/c1-28-46(99)18-35-20-48(28)121-49-19-32(7-13-45(49)98)57(87)76(110)88-43-15-31-5-10-38(11-6-31)119-51-21-36-22-52(73(51)126-84-71(108)68(105)74(54(27-95)124-84)127-82-69(106)66(103)64(101)30(3)118-82)120-47-14-9-34(17-41(47)85)72(125-55-25-42(86)63(100)29(2)117-55)62-80(114)92-61(81(115)116-4)40-23-37(96)24-50(122-83-70(107)67(104)65(102)53(26-94)123-83)56(40)39-16-33(8-12-44(39)97)58(77(111)93-62)90-79(113)60(36)91-78(112)59(35)89-75(43)109/h5-14,16-24,29-30,42-43,53-55,57-72,74,82-84,94-108H,15,25-27,86-87H2,1-4H3,(H,88,110)(H,89,109)(H,90,113)(H,91,112)(H,92,114)(H,93,111). The molecule has 42 nitrogen and oxygen atoms in total. The van der Waals surface area contributed by atoms with E-state index in [2.05, 4.69) is 20.0 Å². The predicted molar refractivity (Wildman–Crippen MR) is 439 cm³/mol. The maximum absolute atomic E-state index is 14.8. The molecule has 27 unspecified atom stereocenters. The molecule has 0 amide bonds. The lowest BCUT2D eigenvalue weighted by Gasteiger charge is -2.45. The van der Waals surface area contributed by atoms with E-state index in [-0.39, 0.29) is 52.3 Å². The molecule has 0 aliphatic carbocycles. The summed E-state index contributed by atoms with van der Waals surface area (Å²) in [7, 11) is 0.905. The van der Waals surface area contributed by atoms with Gasteiger partial charge in [0.15, 0.2) is 65.8 Å². The van der Waals surface area contributed by atoms with Gasteiger partial charge in [0.05, 0.1) is 43.7 Å². The van der Waals surface area contributed by atoms with E-state index in [1.54, 1.807) is 0 Å². The van der Waals surface area contributed by atoms with Gasteiger partial charge >= 0.3 is 5.97 Å². The zero-order valence-electron chi connectivity index (χ0n) is 67.3. The number of esters is 1. The number of phenols is 4. The molecule has 27 atom stereocenters. The summed E-state index contributed by atoms with van der Waals surface area (Å²) < 4.78 is 74.5. The summed E-state index contributed by atoms with van der Waals surface area (Å²) in [5.41, 5.74) is 10.7. The van der Waals surface area contributed by atoms with Crippen LogP contribution in [0.3, 0.4) is 0 Å². The fourth-order valence-corrected chi connectivity index (χ4v) is 16.0. The van der Waals surface area contributed by atoms with Gasteiger partial charge in [-0.15, -0.1) is 0 Å². The average Bonchev–Trinajstić information content (AvgIpc) is 0.753. The van der Waals surface area contributed by atoms with Gasteiger partial charge in [0.2, 0.25) is 53.7 Å². The van der Waals surface area contributed by atoms with Gasteiger partial charge in [-0.1, -0.05) is 41.9 Å². The summed E-state index contributed by atoms with van der Waals surface area (Å²) in [6.07, 6.45) is -35.4. The molecule has 4 saturated heterocycles. The highest BCUT2D eigenvalue weighted by Gasteiger charge is 2.53. The number of halogens is 1. The Morgan fingerprint density at radius 2 is 1.07 bits per heavy atom.